The van der Waals surface area contributed by atoms with E-state index in [9.17, 15) is 0 Å². The smallest absolute Gasteiger partial charge is 0.194 e. The van der Waals surface area contributed by atoms with Crippen molar-refractivity contribution in [2.75, 3.05) is 26.7 Å². The van der Waals surface area contributed by atoms with Gasteiger partial charge in [0.15, 0.2) is 5.96 Å². The molecule has 164 valence electrons. The molecule has 1 atom stereocenters. The number of aromatic nitrogens is 2. The third kappa shape index (κ3) is 5.98. The number of benzene rings is 2. The average Bonchev–Trinajstić information content (AvgIpc) is 3.23. The van der Waals surface area contributed by atoms with Gasteiger partial charge in [-0.2, -0.15) is 5.10 Å². The van der Waals surface area contributed by atoms with Crippen molar-refractivity contribution in [3.05, 3.63) is 78.1 Å². The van der Waals surface area contributed by atoms with Crippen molar-refractivity contribution in [3.63, 3.8) is 0 Å². The topological polar surface area (TPSA) is 63.9 Å². The molecule has 0 aliphatic carbocycles. The lowest BCUT2D eigenvalue weighted by Crippen LogP contribution is -2.47. The van der Waals surface area contributed by atoms with Gasteiger partial charge in [-0.3, -0.25) is 9.67 Å². The fourth-order valence-electron chi connectivity index (χ4n) is 3.52. The Labute approximate surface area is 200 Å². The van der Waals surface area contributed by atoms with Gasteiger partial charge in [-0.25, -0.2) is 0 Å². The first-order chi connectivity index (χ1) is 14.7. The second-order valence-corrected chi connectivity index (χ2v) is 7.18. The zero-order valence-electron chi connectivity index (χ0n) is 17.8. The Morgan fingerprint density at radius 1 is 1.19 bits per heavy atom. The quantitative estimate of drug-likeness (QED) is 0.306. The number of guanidine groups is 1. The molecule has 0 bridgehead atoms. The molecule has 1 N–H and O–H groups in total. The summed E-state index contributed by atoms with van der Waals surface area (Å²) in [6, 6.07) is 17.9. The third-order valence-corrected chi connectivity index (χ3v) is 5.05. The van der Waals surface area contributed by atoms with Crippen molar-refractivity contribution in [3.8, 4) is 11.5 Å². The summed E-state index contributed by atoms with van der Waals surface area (Å²) in [6.07, 6.45) is 3.85. The summed E-state index contributed by atoms with van der Waals surface area (Å²) in [5.41, 5.74) is 2.15. The Hall–Kier alpha value is -2.59. The molecule has 0 amide bonds. The van der Waals surface area contributed by atoms with Crippen molar-refractivity contribution in [2.45, 2.75) is 12.6 Å². The summed E-state index contributed by atoms with van der Waals surface area (Å²) >= 11 is 0. The number of hydrogen-bond acceptors (Lipinski definition) is 4. The van der Waals surface area contributed by atoms with Gasteiger partial charge in [0.25, 0.3) is 0 Å². The van der Waals surface area contributed by atoms with Crippen LogP contribution in [0, 0.1) is 0 Å². The van der Waals surface area contributed by atoms with E-state index >= 15 is 0 Å². The summed E-state index contributed by atoms with van der Waals surface area (Å²) < 4.78 is 13.8. The fraction of sp³-hybridized carbons (Fsp3) is 0.304. The van der Waals surface area contributed by atoms with Gasteiger partial charge >= 0.3 is 0 Å². The number of nitrogens with zero attached hydrogens (tertiary/aromatic N) is 4. The molecule has 1 saturated heterocycles. The van der Waals surface area contributed by atoms with E-state index in [1.807, 2.05) is 75.0 Å². The average molecular weight is 533 g/mol. The van der Waals surface area contributed by atoms with Crippen LogP contribution in [0.15, 0.2) is 72.0 Å². The minimum absolute atomic E-state index is 0. The highest BCUT2D eigenvalue weighted by molar-refractivity contribution is 14.0. The second-order valence-electron chi connectivity index (χ2n) is 7.18. The zero-order valence-corrected chi connectivity index (χ0v) is 20.1. The number of ether oxygens (including phenoxy) is 2. The third-order valence-electron chi connectivity index (χ3n) is 5.05. The van der Waals surface area contributed by atoms with Crippen LogP contribution in [0.25, 0.3) is 0 Å². The highest BCUT2D eigenvalue weighted by atomic mass is 127. The molecule has 7 nitrogen and oxygen atoms in total. The number of para-hydroxylation sites is 2. The van der Waals surface area contributed by atoms with Crippen LogP contribution >= 0.6 is 24.0 Å². The monoisotopic (exact) mass is 533 g/mol. The molecule has 31 heavy (non-hydrogen) atoms. The predicted molar refractivity (Wildman–Crippen MR) is 132 cm³/mol. The van der Waals surface area contributed by atoms with Gasteiger partial charge in [-0.05, 0) is 18.2 Å². The molecule has 1 unspecified atom stereocenters. The highest BCUT2D eigenvalue weighted by Gasteiger charge is 2.25. The molecule has 0 saturated carbocycles. The van der Waals surface area contributed by atoms with Crippen molar-refractivity contribution >= 4 is 29.9 Å². The van der Waals surface area contributed by atoms with Gasteiger partial charge < -0.3 is 19.7 Å². The van der Waals surface area contributed by atoms with Crippen molar-refractivity contribution in [1.82, 2.24) is 20.0 Å². The molecule has 8 heteroatoms. The first-order valence-corrected chi connectivity index (χ1v) is 10.1. The second kappa shape index (κ2) is 11.1. The standard InChI is InChI=1S/C23H27N5O2.HI/c1-24-23(28-12-13-29-22(17-28)19-15-26-27(2)16-19)25-14-18-8-6-7-11-21(18)30-20-9-4-3-5-10-20;/h3-11,15-16,22H,12-14,17H2,1-2H3,(H,24,25);1H. The minimum Gasteiger partial charge on any atom is -0.457 e. The van der Waals surface area contributed by atoms with Gasteiger partial charge in [0, 0.05) is 44.5 Å². The maximum absolute atomic E-state index is 6.08. The van der Waals surface area contributed by atoms with Gasteiger partial charge in [-0.15, -0.1) is 24.0 Å². The number of aliphatic imine (C=N–C) groups is 1. The first kappa shape index (κ1) is 23.1. The van der Waals surface area contributed by atoms with Crippen LogP contribution in [0.4, 0.5) is 0 Å². The lowest BCUT2D eigenvalue weighted by Gasteiger charge is -2.34. The lowest BCUT2D eigenvalue weighted by atomic mass is 10.1. The largest absolute Gasteiger partial charge is 0.457 e. The summed E-state index contributed by atoms with van der Waals surface area (Å²) in [7, 11) is 3.72. The van der Waals surface area contributed by atoms with E-state index in [1.54, 1.807) is 4.68 Å². The molecule has 1 aliphatic heterocycles. The Morgan fingerprint density at radius 2 is 1.97 bits per heavy atom. The van der Waals surface area contributed by atoms with Gasteiger partial charge in [-0.1, -0.05) is 36.4 Å². The van der Waals surface area contributed by atoms with Crippen molar-refractivity contribution in [2.24, 2.45) is 12.0 Å². The zero-order chi connectivity index (χ0) is 20.8. The number of halogens is 1. The molecule has 4 rings (SSSR count). The molecule has 0 spiro atoms. The number of rotatable bonds is 5. The fourth-order valence-corrected chi connectivity index (χ4v) is 3.52. The molecule has 1 fully saturated rings. The van der Waals surface area contributed by atoms with E-state index in [-0.39, 0.29) is 30.1 Å². The molecule has 1 aromatic heterocycles. The molecular formula is C23H28IN5O2. The Kier molecular flexibility index (Phi) is 8.30. The molecular weight excluding hydrogens is 505 g/mol. The van der Waals surface area contributed by atoms with E-state index in [2.05, 4.69) is 26.4 Å². The number of morpholine rings is 1. The van der Waals surface area contributed by atoms with Crippen LogP contribution in [0.2, 0.25) is 0 Å². The van der Waals surface area contributed by atoms with Crippen molar-refractivity contribution < 1.29 is 9.47 Å². The van der Waals surface area contributed by atoms with Crippen LogP contribution in [0.3, 0.4) is 0 Å². The molecule has 0 radical (unpaired) electrons. The normalized spacial score (nSPS) is 16.5. The Balaban J connectivity index is 0.00000272. The summed E-state index contributed by atoms with van der Waals surface area (Å²) in [4.78, 5) is 6.71. The number of aryl methyl sites for hydroxylation is 1. The number of hydrogen-bond donors (Lipinski definition) is 1. The van der Waals surface area contributed by atoms with E-state index in [4.69, 9.17) is 9.47 Å². The molecule has 3 aromatic rings. The van der Waals surface area contributed by atoms with E-state index in [0.29, 0.717) is 13.2 Å². The van der Waals surface area contributed by atoms with Crippen LogP contribution in [0.5, 0.6) is 11.5 Å². The van der Waals surface area contributed by atoms with Crippen molar-refractivity contribution in [1.29, 1.82) is 0 Å². The first-order valence-electron chi connectivity index (χ1n) is 10.1. The lowest BCUT2D eigenvalue weighted by molar-refractivity contribution is -0.00805. The number of nitrogens with one attached hydrogen (secondary N) is 1. The maximum Gasteiger partial charge on any atom is 0.194 e. The van der Waals surface area contributed by atoms with Crippen LogP contribution in [-0.2, 0) is 18.3 Å². The SMILES string of the molecule is CN=C(NCc1ccccc1Oc1ccccc1)N1CCOC(c2cnn(C)c2)C1.I. The summed E-state index contributed by atoms with van der Waals surface area (Å²) in [6.45, 7) is 2.78. The van der Waals surface area contributed by atoms with Crippen LogP contribution in [0.1, 0.15) is 17.2 Å². The van der Waals surface area contributed by atoms with Gasteiger partial charge in [0.05, 0.1) is 19.3 Å². The maximum atomic E-state index is 6.08. The van der Waals surface area contributed by atoms with E-state index < -0.39 is 0 Å². The van der Waals surface area contributed by atoms with Crippen LogP contribution in [-0.4, -0.2) is 47.4 Å². The van der Waals surface area contributed by atoms with Gasteiger partial charge in [0.2, 0.25) is 0 Å². The van der Waals surface area contributed by atoms with E-state index in [0.717, 1.165) is 41.7 Å². The van der Waals surface area contributed by atoms with Gasteiger partial charge in [0.1, 0.15) is 17.6 Å². The Bertz CT molecular complexity index is 992. The van der Waals surface area contributed by atoms with E-state index in [1.165, 1.54) is 0 Å². The molecule has 2 heterocycles. The summed E-state index contributed by atoms with van der Waals surface area (Å²) in [5.74, 6) is 2.50. The highest BCUT2D eigenvalue weighted by Crippen LogP contribution is 2.25. The van der Waals surface area contributed by atoms with Crippen LogP contribution < -0.4 is 10.1 Å². The molecule has 2 aromatic carbocycles. The minimum atomic E-state index is -0.0142. The summed E-state index contributed by atoms with van der Waals surface area (Å²) in [5, 5.41) is 7.74. The predicted octanol–water partition coefficient (Wildman–Crippen LogP) is 3.98. The molecule has 1 aliphatic rings. The Morgan fingerprint density at radius 3 is 2.71 bits per heavy atom.